The van der Waals surface area contributed by atoms with Gasteiger partial charge in [-0.05, 0) is 43.7 Å². The lowest BCUT2D eigenvalue weighted by molar-refractivity contribution is 0.0526. The number of nitrogens with two attached hydrogens (primary N) is 1. The molecule has 5 heteroatoms. The first-order chi connectivity index (χ1) is 9.20. The monoisotopic (exact) mass is 280 g/mol. The number of hydrogen-bond donors (Lipinski definition) is 2. The zero-order valence-electron chi connectivity index (χ0n) is 11.1. The van der Waals surface area contributed by atoms with E-state index in [0.29, 0.717) is 23.9 Å². The van der Waals surface area contributed by atoms with Gasteiger partial charge in [-0.3, -0.25) is 0 Å². The fraction of sp³-hybridized carbons (Fsp3) is 0.500. The zero-order valence-corrected chi connectivity index (χ0v) is 12.0. The summed E-state index contributed by atoms with van der Waals surface area (Å²) in [5.74, 6) is 2.03. The smallest absolute Gasteiger partial charge is 0.338 e. The summed E-state index contributed by atoms with van der Waals surface area (Å²) in [6.07, 6.45) is 2.41. The maximum Gasteiger partial charge on any atom is 0.338 e. The molecule has 1 aromatic rings. The van der Waals surface area contributed by atoms with Crippen molar-refractivity contribution in [2.75, 3.05) is 29.2 Å². The Morgan fingerprint density at radius 3 is 3.05 bits per heavy atom. The van der Waals surface area contributed by atoms with Crippen LogP contribution in [0.1, 0.15) is 30.1 Å². The van der Waals surface area contributed by atoms with E-state index in [-0.39, 0.29) is 5.97 Å². The Labute approximate surface area is 118 Å². The number of ether oxygens (including phenoxy) is 1. The van der Waals surface area contributed by atoms with E-state index >= 15 is 0 Å². The van der Waals surface area contributed by atoms with Gasteiger partial charge in [0.05, 0.1) is 23.5 Å². The number of nitrogens with one attached hydrogen (secondary N) is 1. The molecular weight excluding hydrogens is 260 g/mol. The molecule has 0 aliphatic carbocycles. The Balaban J connectivity index is 2.04. The number of hydrogen-bond acceptors (Lipinski definition) is 5. The van der Waals surface area contributed by atoms with E-state index in [4.69, 9.17) is 10.5 Å². The van der Waals surface area contributed by atoms with E-state index in [9.17, 15) is 4.79 Å². The van der Waals surface area contributed by atoms with Crippen LogP contribution in [-0.2, 0) is 4.74 Å². The molecule has 0 aromatic heterocycles. The molecule has 1 aliphatic rings. The van der Waals surface area contributed by atoms with Crippen LogP contribution in [0.15, 0.2) is 18.2 Å². The number of thioether (sulfide) groups is 1. The summed E-state index contributed by atoms with van der Waals surface area (Å²) in [7, 11) is 0. The molecule has 1 heterocycles. The van der Waals surface area contributed by atoms with Crippen LogP contribution in [0, 0.1) is 0 Å². The van der Waals surface area contributed by atoms with E-state index in [0.717, 1.165) is 11.4 Å². The average molecular weight is 280 g/mol. The molecule has 0 saturated carbocycles. The number of carbonyl (C=O) groups is 1. The third-order valence-corrected chi connectivity index (χ3v) is 4.30. The fourth-order valence-corrected chi connectivity index (χ4v) is 3.18. The van der Waals surface area contributed by atoms with Crippen molar-refractivity contribution in [3.8, 4) is 0 Å². The summed E-state index contributed by atoms with van der Waals surface area (Å²) >= 11 is 1.97. The number of esters is 1. The van der Waals surface area contributed by atoms with Crippen LogP contribution in [0.25, 0.3) is 0 Å². The highest BCUT2D eigenvalue weighted by atomic mass is 32.2. The van der Waals surface area contributed by atoms with Crippen LogP contribution in [0.3, 0.4) is 0 Å². The highest BCUT2D eigenvalue weighted by Crippen LogP contribution is 2.25. The molecule has 19 heavy (non-hydrogen) atoms. The van der Waals surface area contributed by atoms with Crippen LogP contribution < -0.4 is 11.1 Å². The molecule has 0 amide bonds. The van der Waals surface area contributed by atoms with Gasteiger partial charge in [0.1, 0.15) is 0 Å². The number of rotatable bonds is 4. The lowest BCUT2D eigenvalue weighted by Gasteiger charge is -2.24. The quantitative estimate of drug-likeness (QED) is 0.656. The van der Waals surface area contributed by atoms with Gasteiger partial charge in [0, 0.05) is 11.8 Å². The Hall–Kier alpha value is -1.36. The second-order valence-electron chi connectivity index (χ2n) is 4.58. The first-order valence-electron chi connectivity index (χ1n) is 6.61. The summed E-state index contributed by atoms with van der Waals surface area (Å²) in [6.45, 7) is 2.16. The van der Waals surface area contributed by atoms with E-state index in [1.165, 1.54) is 18.6 Å². The molecule has 1 fully saturated rings. The molecular formula is C14H20N2O2S. The summed E-state index contributed by atoms with van der Waals surface area (Å²) in [5, 5.41) is 3.45. The first kappa shape index (κ1) is 14.1. The molecule has 1 saturated heterocycles. The van der Waals surface area contributed by atoms with Crippen molar-refractivity contribution >= 4 is 29.1 Å². The fourth-order valence-electron chi connectivity index (χ4n) is 2.11. The van der Waals surface area contributed by atoms with Crippen molar-refractivity contribution < 1.29 is 9.53 Å². The van der Waals surface area contributed by atoms with Crippen LogP contribution in [0.2, 0.25) is 0 Å². The summed E-state index contributed by atoms with van der Waals surface area (Å²) in [4.78, 5) is 11.6. The number of nitrogen functional groups attached to an aromatic ring is 1. The van der Waals surface area contributed by atoms with Crippen LogP contribution in [0.5, 0.6) is 0 Å². The van der Waals surface area contributed by atoms with Gasteiger partial charge in [0.2, 0.25) is 0 Å². The summed E-state index contributed by atoms with van der Waals surface area (Å²) in [5.41, 5.74) is 8.00. The molecule has 4 nitrogen and oxygen atoms in total. The van der Waals surface area contributed by atoms with Crippen LogP contribution >= 0.6 is 11.8 Å². The van der Waals surface area contributed by atoms with Crippen molar-refractivity contribution in [3.63, 3.8) is 0 Å². The minimum absolute atomic E-state index is 0.325. The molecule has 1 unspecified atom stereocenters. The lowest BCUT2D eigenvalue weighted by atomic mass is 10.1. The molecule has 0 bridgehead atoms. The zero-order chi connectivity index (χ0) is 13.7. The van der Waals surface area contributed by atoms with Gasteiger partial charge in [-0.15, -0.1) is 0 Å². The summed E-state index contributed by atoms with van der Waals surface area (Å²) in [6, 6.07) is 5.76. The van der Waals surface area contributed by atoms with Crippen molar-refractivity contribution in [2.24, 2.45) is 0 Å². The highest BCUT2D eigenvalue weighted by molar-refractivity contribution is 7.99. The standard InChI is InChI=1S/C14H20N2O2S/c1-2-18-14(17)10-5-6-13(12(15)8-10)16-11-4-3-7-19-9-11/h5-6,8,11,16H,2-4,7,9,15H2,1H3. The largest absolute Gasteiger partial charge is 0.462 e. The molecule has 2 rings (SSSR count). The van der Waals surface area contributed by atoms with Crippen molar-refractivity contribution in [3.05, 3.63) is 23.8 Å². The van der Waals surface area contributed by atoms with Gasteiger partial charge >= 0.3 is 5.97 Å². The lowest BCUT2D eigenvalue weighted by Crippen LogP contribution is -2.26. The van der Waals surface area contributed by atoms with Gasteiger partial charge in [0.25, 0.3) is 0 Å². The number of carbonyl (C=O) groups excluding carboxylic acids is 1. The summed E-state index contributed by atoms with van der Waals surface area (Å²) < 4.78 is 4.95. The maximum atomic E-state index is 11.6. The Bertz CT molecular complexity index is 445. The van der Waals surface area contributed by atoms with Crippen molar-refractivity contribution in [1.82, 2.24) is 0 Å². The van der Waals surface area contributed by atoms with E-state index in [1.54, 1.807) is 19.1 Å². The number of benzene rings is 1. The van der Waals surface area contributed by atoms with Crippen LogP contribution in [-0.4, -0.2) is 30.1 Å². The second kappa shape index (κ2) is 6.70. The topological polar surface area (TPSA) is 64.3 Å². The Kier molecular flexibility index (Phi) is 4.96. The van der Waals surface area contributed by atoms with Crippen molar-refractivity contribution in [1.29, 1.82) is 0 Å². The SMILES string of the molecule is CCOC(=O)c1ccc(NC2CCCSC2)c(N)c1. The molecule has 1 aliphatic heterocycles. The van der Waals surface area contributed by atoms with Gasteiger partial charge in [-0.1, -0.05) is 0 Å². The van der Waals surface area contributed by atoms with E-state index in [1.807, 2.05) is 17.8 Å². The van der Waals surface area contributed by atoms with Gasteiger partial charge < -0.3 is 15.8 Å². The maximum absolute atomic E-state index is 11.6. The third kappa shape index (κ3) is 3.80. The Morgan fingerprint density at radius 1 is 1.58 bits per heavy atom. The second-order valence-corrected chi connectivity index (χ2v) is 5.73. The predicted molar refractivity (Wildman–Crippen MR) is 80.8 cm³/mol. The van der Waals surface area contributed by atoms with Crippen molar-refractivity contribution in [2.45, 2.75) is 25.8 Å². The third-order valence-electron chi connectivity index (χ3n) is 3.08. The van der Waals surface area contributed by atoms with Gasteiger partial charge in [-0.25, -0.2) is 4.79 Å². The molecule has 1 aromatic carbocycles. The van der Waals surface area contributed by atoms with E-state index in [2.05, 4.69) is 5.32 Å². The van der Waals surface area contributed by atoms with E-state index < -0.39 is 0 Å². The predicted octanol–water partition coefficient (Wildman–Crippen LogP) is 2.75. The minimum Gasteiger partial charge on any atom is -0.462 e. The normalized spacial score (nSPS) is 18.9. The average Bonchev–Trinajstić information content (AvgIpc) is 2.42. The van der Waals surface area contributed by atoms with Gasteiger partial charge in [0.15, 0.2) is 0 Å². The molecule has 0 spiro atoms. The molecule has 1 atom stereocenters. The minimum atomic E-state index is -0.325. The first-order valence-corrected chi connectivity index (χ1v) is 7.77. The molecule has 0 radical (unpaired) electrons. The number of anilines is 2. The molecule has 104 valence electrons. The highest BCUT2D eigenvalue weighted by Gasteiger charge is 2.15. The van der Waals surface area contributed by atoms with Gasteiger partial charge in [-0.2, -0.15) is 11.8 Å². The molecule has 3 N–H and O–H groups in total. The van der Waals surface area contributed by atoms with Crippen LogP contribution in [0.4, 0.5) is 11.4 Å². The Morgan fingerprint density at radius 2 is 2.42 bits per heavy atom.